The molecule has 1 heterocycles. The Balaban J connectivity index is 1.79. The Morgan fingerprint density at radius 1 is 1.19 bits per heavy atom. The highest BCUT2D eigenvalue weighted by molar-refractivity contribution is 5.94. The lowest BCUT2D eigenvalue weighted by molar-refractivity contribution is -0.0680. The van der Waals surface area contributed by atoms with Gasteiger partial charge in [-0.15, -0.1) is 0 Å². The molecule has 2 N–H and O–H groups in total. The zero-order chi connectivity index (χ0) is 18.4. The second kappa shape index (κ2) is 8.13. The second-order valence-corrected chi connectivity index (χ2v) is 6.55. The van der Waals surface area contributed by atoms with E-state index in [-0.39, 0.29) is 18.4 Å². The van der Waals surface area contributed by atoms with Crippen LogP contribution >= 0.6 is 0 Å². The summed E-state index contributed by atoms with van der Waals surface area (Å²) in [5.41, 5.74) is 0.470. The first-order valence-corrected chi connectivity index (χ1v) is 8.77. The number of ether oxygens (including phenoxy) is 1. The van der Waals surface area contributed by atoms with E-state index >= 15 is 0 Å². The third-order valence-electron chi connectivity index (χ3n) is 4.94. The van der Waals surface area contributed by atoms with E-state index in [2.05, 4.69) is 5.32 Å². The Kier molecular flexibility index (Phi) is 5.67. The number of nitriles is 1. The van der Waals surface area contributed by atoms with Crippen molar-refractivity contribution in [3.8, 4) is 6.07 Å². The molecule has 0 radical (unpaired) electrons. The van der Waals surface area contributed by atoms with Crippen LogP contribution in [-0.4, -0.2) is 30.8 Å². The van der Waals surface area contributed by atoms with Crippen LogP contribution in [0.4, 0.5) is 0 Å². The van der Waals surface area contributed by atoms with Gasteiger partial charge in [0.2, 0.25) is 0 Å². The number of amides is 1. The summed E-state index contributed by atoms with van der Waals surface area (Å²) in [4.78, 5) is 12.5. The fourth-order valence-corrected chi connectivity index (χ4v) is 3.43. The third kappa shape index (κ3) is 3.93. The minimum atomic E-state index is -1.16. The predicted molar refractivity (Wildman–Crippen MR) is 97.4 cm³/mol. The molecule has 0 saturated carbocycles. The maximum absolute atomic E-state index is 12.5. The number of hydrogen-bond donors (Lipinski definition) is 2. The van der Waals surface area contributed by atoms with E-state index in [1.807, 2.05) is 36.4 Å². The summed E-state index contributed by atoms with van der Waals surface area (Å²) in [7, 11) is 0. The maximum Gasteiger partial charge on any atom is 0.251 e. The van der Waals surface area contributed by atoms with E-state index in [1.54, 1.807) is 24.3 Å². The number of carbonyl (C=O) groups excluding carboxylic acids is 1. The Morgan fingerprint density at radius 2 is 1.92 bits per heavy atom. The molecule has 1 aliphatic heterocycles. The minimum Gasteiger partial charge on any atom is -0.383 e. The van der Waals surface area contributed by atoms with Crippen molar-refractivity contribution in [1.82, 2.24) is 5.32 Å². The Bertz CT molecular complexity index is 794. The minimum absolute atomic E-state index is 0.00407. The van der Waals surface area contributed by atoms with Gasteiger partial charge in [-0.2, -0.15) is 5.26 Å². The number of aliphatic hydroxyl groups is 1. The van der Waals surface area contributed by atoms with E-state index in [4.69, 9.17) is 10.00 Å². The third-order valence-corrected chi connectivity index (χ3v) is 4.94. The van der Waals surface area contributed by atoms with Crippen molar-refractivity contribution in [2.75, 3.05) is 19.8 Å². The smallest absolute Gasteiger partial charge is 0.251 e. The normalized spacial score (nSPS) is 17.1. The second-order valence-electron chi connectivity index (χ2n) is 6.55. The largest absolute Gasteiger partial charge is 0.383 e. The first-order valence-electron chi connectivity index (χ1n) is 8.77. The highest BCUT2D eigenvalue weighted by Crippen LogP contribution is 2.35. The highest BCUT2D eigenvalue weighted by atomic mass is 16.5. The molecule has 0 aromatic heterocycles. The molecule has 1 amide bonds. The standard InChI is InChI=1S/C21H22N2O3/c22-14-16-5-4-6-17(13-16)20(24)23-15-21(25,18-7-2-1-3-8-18)19-9-11-26-12-10-19/h1-8,13,19,25H,9-12,15H2,(H,23,24). The number of nitrogens with zero attached hydrogens (tertiary/aromatic N) is 1. The van der Waals surface area contributed by atoms with E-state index in [1.165, 1.54) is 0 Å². The molecular weight excluding hydrogens is 328 g/mol. The SMILES string of the molecule is N#Cc1cccc(C(=O)NCC(O)(c2ccccc2)C2CCOCC2)c1. The van der Waals surface area contributed by atoms with Crippen LogP contribution in [0.5, 0.6) is 0 Å². The molecule has 1 atom stereocenters. The van der Waals surface area contributed by atoms with Gasteiger partial charge in [0, 0.05) is 18.8 Å². The summed E-state index contributed by atoms with van der Waals surface area (Å²) in [5, 5.41) is 23.3. The Hall–Kier alpha value is -2.68. The maximum atomic E-state index is 12.5. The van der Waals surface area contributed by atoms with Gasteiger partial charge in [-0.3, -0.25) is 4.79 Å². The van der Waals surface area contributed by atoms with Gasteiger partial charge < -0.3 is 15.2 Å². The quantitative estimate of drug-likeness (QED) is 0.868. The fourth-order valence-electron chi connectivity index (χ4n) is 3.43. The average Bonchev–Trinajstić information content (AvgIpc) is 2.73. The number of carbonyl (C=O) groups is 1. The predicted octanol–water partition coefficient (Wildman–Crippen LogP) is 2.60. The molecule has 1 unspecified atom stereocenters. The van der Waals surface area contributed by atoms with Crippen molar-refractivity contribution in [1.29, 1.82) is 5.26 Å². The summed E-state index contributed by atoms with van der Waals surface area (Å²) < 4.78 is 5.42. The van der Waals surface area contributed by atoms with Crippen LogP contribution in [-0.2, 0) is 10.3 Å². The van der Waals surface area contributed by atoms with E-state index in [0.717, 1.165) is 18.4 Å². The van der Waals surface area contributed by atoms with Gasteiger partial charge in [0.25, 0.3) is 5.91 Å². The van der Waals surface area contributed by atoms with Gasteiger partial charge >= 0.3 is 0 Å². The highest BCUT2D eigenvalue weighted by Gasteiger charge is 2.39. The molecule has 2 aromatic carbocycles. The van der Waals surface area contributed by atoms with Crippen LogP contribution in [0.25, 0.3) is 0 Å². The summed E-state index contributed by atoms with van der Waals surface area (Å²) in [6.45, 7) is 1.33. The summed E-state index contributed by atoms with van der Waals surface area (Å²) in [6, 6.07) is 18.0. The average molecular weight is 350 g/mol. The van der Waals surface area contributed by atoms with Crippen LogP contribution in [0, 0.1) is 17.2 Å². The molecule has 5 heteroatoms. The lowest BCUT2D eigenvalue weighted by Gasteiger charge is -2.39. The van der Waals surface area contributed by atoms with Crippen LogP contribution in [0.2, 0.25) is 0 Å². The molecule has 1 aliphatic rings. The van der Waals surface area contributed by atoms with Crippen LogP contribution < -0.4 is 5.32 Å². The number of rotatable bonds is 5. The van der Waals surface area contributed by atoms with E-state index in [9.17, 15) is 9.90 Å². The zero-order valence-electron chi connectivity index (χ0n) is 14.5. The van der Waals surface area contributed by atoms with Gasteiger partial charge in [0.1, 0.15) is 5.60 Å². The Labute approximate surface area is 153 Å². The molecule has 3 rings (SSSR count). The summed E-state index contributed by atoms with van der Waals surface area (Å²) >= 11 is 0. The summed E-state index contributed by atoms with van der Waals surface area (Å²) in [6.07, 6.45) is 1.48. The fraction of sp³-hybridized carbons (Fsp3) is 0.333. The van der Waals surface area contributed by atoms with Crippen LogP contribution in [0.15, 0.2) is 54.6 Å². The van der Waals surface area contributed by atoms with Gasteiger partial charge in [-0.05, 0) is 42.5 Å². The first-order chi connectivity index (χ1) is 12.6. The lowest BCUT2D eigenvalue weighted by Crippen LogP contribution is -2.47. The molecular formula is C21H22N2O3. The molecule has 134 valence electrons. The molecule has 0 bridgehead atoms. The molecule has 2 aromatic rings. The van der Waals surface area contributed by atoms with E-state index < -0.39 is 5.60 Å². The van der Waals surface area contributed by atoms with E-state index in [0.29, 0.717) is 24.3 Å². The van der Waals surface area contributed by atoms with Crippen molar-refractivity contribution in [3.05, 3.63) is 71.3 Å². The molecule has 0 spiro atoms. The van der Waals surface area contributed by atoms with Crippen molar-refractivity contribution < 1.29 is 14.6 Å². The topological polar surface area (TPSA) is 82.4 Å². The molecule has 26 heavy (non-hydrogen) atoms. The molecule has 5 nitrogen and oxygen atoms in total. The monoisotopic (exact) mass is 350 g/mol. The van der Waals surface area contributed by atoms with Crippen molar-refractivity contribution in [2.45, 2.75) is 18.4 Å². The van der Waals surface area contributed by atoms with Crippen LogP contribution in [0.3, 0.4) is 0 Å². The molecule has 0 aliphatic carbocycles. The number of hydrogen-bond acceptors (Lipinski definition) is 4. The van der Waals surface area contributed by atoms with Gasteiger partial charge in [-0.25, -0.2) is 0 Å². The number of benzene rings is 2. The van der Waals surface area contributed by atoms with Gasteiger partial charge in [0.15, 0.2) is 0 Å². The molecule has 1 saturated heterocycles. The van der Waals surface area contributed by atoms with Gasteiger partial charge in [0.05, 0.1) is 18.2 Å². The zero-order valence-corrected chi connectivity index (χ0v) is 14.5. The van der Waals surface area contributed by atoms with Gasteiger partial charge in [-0.1, -0.05) is 36.4 Å². The van der Waals surface area contributed by atoms with Crippen molar-refractivity contribution in [2.24, 2.45) is 5.92 Å². The Morgan fingerprint density at radius 3 is 2.62 bits per heavy atom. The lowest BCUT2D eigenvalue weighted by atomic mass is 9.77. The molecule has 1 fully saturated rings. The summed E-state index contributed by atoms with van der Waals surface area (Å²) in [5.74, 6) is -0.298. The van der Waals surface area contributed by atoms with Crippen molar-refractivity contribution in [3.63, 3.8) is 0 Å². The van der Waals surface area contributed by atoms with Crippen LogP contribution in [0.1, 0.15) is 34.3 Å². The first kappa shape index (κ1) is 18.1. The van der Waals surface area contributed by atoms with Crippen molar-refractivity contribution >= 4 is 5.91 Å². The number of nitrogens with one attached hydrogen (secondary N) is 1.